The molecule has 0 radical (unpaired) electrons. The van der Waals surface area contributed by atoms with Crippen LogP contribution in [0.3, 0.4) is 0 Å². The van der Waals surface area contributed by atoms with Crippen molar-refractivity contribution in [2.24, 2.45) is 0 Å². The van der Waals surface area contributed by atoms with Gasteiger partial charge in [-0.25, -0.2) is 4.39 Å². The van der Waals surface area contributed by atoms with E-state index in [0.717, 1.165) is 56.7 Å². The molecule has 0 amide bonds. The van der Waals surface area contributed by atoms with Gasteiger partial charge in [0.15, 0.2) is 0 Å². The molecule has 1 aromatic carbocycles. The zero-order valence-corrected chi connectivity index (χ0v) is 11.5. The maximum Gasteiger partial charge on any atom is 0.123 e. The number of benzene rings is 1. The van der Waals surface area contributed by atoms with Gasteiger partial charge in [-0.05, 0) is 44.0 Å². The molecular formula is C15H22FNO2. The first kappa shape index (κ1) is 14.3. The van der Waals surface area contributed by atoms with Crippen LogP contribution in [0.1, 0.15) is 24.8 Å². The summed E-state index contributed by atoms with van der Waals surface area (Å²) in [7, 11) is 1.71. The van der Waals surface area contributed by atoms with Crippen molar-refractivity contribution in [3.63, 3.8) is 0 Å². The van der Waals surface area contributed by atoms with Crippen LogP contribution in [-0.4, -0.2) is 32.9 Å². The number of halogens is 1. The van der Waals surface area contributed by atoms with Gasteiger partial charge in [-0.2, -0.15) is 0 Å². The largest absolute Gasteiger partial charge is 0.490 e. The highest BCUT2D eigenvalue weighted by molar-refractivity contribution is 5.37. The van der Waals surface area contributed by atoms with Crippen molar-refractivity contribution in [2.75, 3.05) is 26.8 Å². The molecule has 19 heavy (non-hydrogen) atoms. The first-order chi connectivity index (χ1) is 9.29. The lowest BCUT2D eigenvalue weighted by Gasteiger charge is -2.10. The molecule has 1 aliphatic rings. The Labute approximate surface area is 114 Å². The SMILES string of the molecule is COCCNCCCCC1Cc2cc(F)ccc2O1. The highest BCUT2D eigenvalue weighted by atomic mass is 19.1. The molecule has 106 valence electrons. The minimum Gasteiger partial charge on any atom is -0.490 e. The molecule has 1 unspecified atom stereocenters. The number of methoxy groups -OCH3 is 1. The van der Waals surface area contributed by atoms with Crippen LogP contribution >= 0.6 is 0 Å². The van der Waals surface area contributed by atoms with Crippen molar-refractivity contribution in [3.05, 3.63) is 29.6 Å². The van der Waals surface area contributed by atoms with Crippen LogP contribution in [-0.2, 0) is 11.2 Å². The minimum atomic E-state index is -0.176. The van der Waals surface area contributed by atoms with Gasteiger partial charge in [0.1, 0.15) is 17.7 Å². The predicted octanol–water partition coefficient (Wildman–Crippen LogP) is 2.54. The van der Waals surface area contributed by atoms with Crippen LogP contribution in [0.25, 0.3) is 0 Å². The molecule has 0 aromatic heterocycles. The monoisotopic (exact) mass is 267 g/mol. The van der Waals surface area contributed by atoms with Gasteiger partial charge in [0.25, 0.3) is 0 Å². The molecule has 4 heteroatoms. The molecule has 0 spiro atoms. The van der Waals surface area contributed by atoms with Gasteiger partial charge < -0.3 is 14.8 Å². The van der Waals surface area contributed by atoms with Crippen LogP contribution in [0.4, 0.5) is 4.39 Å². The summed E-state index contributed by atoms with van der Waals surface area (Å²) < 4.78 is 23.8. The van der Waals surface area contributed by atoms with Crippen LogP contribution in [0.15, 0.2) is 18.2 Å². The lowest BCUT2D eigenvalue weighted by Crippen LogP contribution is -2.21. The smallest absolute Gasteiger partial charge is 0.123 e. The second-order valence-corrected chi connectivity index (χ2v) is 4.93. The molecule has 0 saturated carbocycles. The van der Waals surface area contributed by atoms with E-state index >= 15 is 0 Å². The molecule has 1 atom stereocenters. The first-order valence-corrected chi connectivity index (χ1v) is 6.94. The molecule has 2 rings (SSSR count). The van der Waals surface area contributed by atoms with E-state index in [-0.39, 0.29) is 11.9 Å². The van der Waals surface area contributed by atoms with E-state index in [2.05, 4.69) is 5.32 Å². The second kappa shape index (κ2) is 7.46. The van der Waals surface area contributed by atoms with E-state index < -0.39 is 0 Å². The number of rotatable bonds is 8. The van der Waals surface area contributed by atoms with Crippen molar-refractivity contribution in [3.8, 4) is 5.75 Å². The Morgan fingerprint density at radius 3 is 3.11 bits per heavy atom. The van der Waals surface area contributed by atoms with Crippen molar-refractivity contribution < 1.29 is 13.9 Å². The van der Waals surface area contributed by atoms with Gasteiger partial charge >= 0.3 is 0 Å². The van der Waals surface area contributed by atoms with Gasteiger partial charge in [-0.1, -0.05) is 0 Å². The third-order valence-electron chi connectivity index (χ3n) is 3.38. The zero-order chi connectivity index (χ0) is 13.5. The molecule has 1 aliphatic heterocycles. The summed E-state index contributed by atoms with van der Waals surface area (Å²) >= 11 is 0. The van der Waals surface area contributed by atoms with E-state index in [9.17, 15) is 4.39 Å². The van der Waals surface area contributed by atoms with E-state index in [1.807, 2.05) is 0 Å². The van der Waals surface area contributed by atoms with Gasteiger partial charge in [0.05, 0.1) is 6.61 Å². The number of fused-ring (bicyclic) bond motifs is 1. The van der Waals surface area contributed by atoms with Crippen molar-refractivity contribution >= 4 is 0 Å². The number of ether oxygens (including phenoxy) is 2. The molecule has 0 saturated heterocycles. The highest BCUT2D eigenvalue weighted by Gasteiger charge is 2.22. The van der Waals surface area contributed by atoms with Crippen LogP contribution < -0.4 is 10.1 Å². The Kier molecular flexibility index (Phi) is 5.61. The summed E-state index contributed by atoms with van der Waals surface area (Å²) in [5.74, 6) is 0.676. The fourth-order valence-corrected chi connectivity index (χ4v) is 2.37. The molecule has 1 aromatic rings. The predicted molar refractivity (Wildman–Crippen MR) is 73.1 cm³/mol. The minimum absolute atomic E-state index is 0.176. The molecular weight excluding hydrogens is 245 g/mol. The second-order valence-electron chi connectivity index (χ2n) is 4.93. The van der Waals surface area contributed by atoms with E-state index in [4.69, 9.17) is 9.47 Å². The van der Waals surface area contributed by atoms with Crippen LogP contribution in [0, 0.1) is 5.82 Å². The maximum atomic E-state index is 13.1. The summed E-state index contributed by atoms with van der Waals surface area (Å²) in [6, 6.07) is 4.78. The van der Waals surface area contributed by atoms with Crippen molar-refractivity contribution in [1.29, 1.82) is 0 Å². The maximum absolute atomic E-state index is 13.1. The number of unbranched alkanes of at least 4 members (excludes halogenated alkanes) is 1. The third-order valence-corrected chi connectivity index (χ3v) is 3.38. The standard InChI is InChI=1S/C15H22FNO2/c1-18-9-8-17-7-3-2-4-14-11-12-10-13(16)5-6-15(12)19-14/h5-6,10,14,17H,2-4,7-9,11H2,1H3. The Bertz CT molecular complexity index is 398. The Balaban J connectivity index is 1.59. The normalized spacial score (nSPS) is 17.3. The molecule has 0 aliphatic carbocycles. The van der Waals surface area contributed by atoms with E-state index in [1.54, 1.807) is 19.2 Å². The third kappa shape index (κ3) is 4.48. The van der Waals surface area contributed by atoms with E-state index in [0.29, 0.717) is 0 Å². The fraction of sp³-hybridized carbons (Fsp3) is 0.600. The number of hydrogen-bond donors (Lipinski definition) is 1. The van der Waals surface area contributed by atoms with Crippen molar-refractivity contribution in [2.45, 2.75) is 31.8 Å². The van der Waals surface area contributed by atoms with E-state index in [1.165, 1.54) is 6.07 Å². The summed E-state index contributed by atoms with van der Waals surface area (Å²) in [5, 5.41) is 3.32. The highest BCUT2D eigenvalue weighted by Crippen LogP contribution is 2.30. The number of nitrogens with one attached hydrogen (secondary N) is 1. The van der Waals surface area contributed by atoms with Crippen LogP contribution in [0.2, 0.25) is 0 Å². The lowest BCUT2D eigenvalue weighted by atomic mass is 10.1. The fourth-order valence-electron chi connectivity index (χ4n) is 2.37. The van der Waals surface area contributed by atoms with Crippen LogP contribution in [0.5, 0.6) is 5.75 Å². The average Bonchev–Trinajstić information content (AvgIpc) is 2.79. The topological polar surface area (TPSA) is 30.5 Å². The molecule has 1 N–H and O–H groups in total. The molecule has 1 heterocycles. The zero-order valence-electron chi connectivity index (χ0n) is 11.5. The van der Waals surface area contributed by atoms with Gasteiger partial charge in [-0.15, -0.1) is 0 Å². The Hall–Kier alpha value is -1.13. The summed E-state index contributed by atoms with van der Waals surface area (Å²) in [4.78, 5) is 0. The van der Waals surface area contributed by atoms with Crippen molar-refractivity contribution in [1.82, 2.24) is 5.32 Å². The van der Waals surface area contributed by atoms with Gasteiger partial charge in [0, 0.05) is 25.6 Å². The Morgan fingerprint density at radius 2 is 2.26 bits per heavy atom. The molecule has 0 fully saturated rings. The summed E-state index contributed by atoms with van der Waals surface area (Å²) in [6.45, 7) is 2.67. The Morgan fingerprint density at radius 1 is 1.37 bits per heavy atom. The summed E-state index contributed by atoms with van der Waals surface area (Å²) in [6.07, 6.45) is 4.35. The van der Waals surface area contributed by atoms with Gasteiger partial charge in [-0.3, -0.25) is 0 Å². The lowest BCUT2D eigenvalue weighted by molar-refractivity contribution is 0.198. The van der Waals surface area contributed by atoms with Gasteiger partial charge in [0.2, 0.25) is 0 Å². The number of hydrogen-bond acceptors (Lipinski definition) is 3. The molecule has 3 nitrogen and oxygen atoms in total. The molecule has 0 bridgehead atoms. The summed E-state index contributed by atoms with van der Waals surface area (Å²) in [5.41, 5.74) is 1.00. The first-order valence-electron chi connectivity index (χ1n) is 6.94. The quantitative estimate of drug-likeness (QED) is 0.734. The average molecular weight is 267 g/mol.